The highest BCUT2D eigenvalue weighted by Crippen LogP contribution is 2.29. The van der Waals surface area contributed by atoms with Gasteiger partial charge in [-0.2, -0.15) is 0 Å². The first-order valence-corrected chi connectivity index (χ1v) is 8.29. The van der Waals surface area contributed by atoms with E-state index in [2.05, 4.69) is 27.3 Å². The Morgan fingerprint density at radius 2 is 2.19 bits per heavy atom. The molecule has 2 saturated heterocycles. The number of likely N-dealkylation sites (tertiary alicyclic amines) is 1. The third-order valence-electron chi connectivity index (χ3n) is 4.87. The zero-order chi connectivity index (χ0) is 14.5. The van der Waals surface area contributed by atoms with Crippen LogP contribution in [0.3, 0.4) is 0 Å². The maximum absolute atomic E-state index is 5.47. The van der Waals surface area contributed by atoms with Gasteiger partial charge < -0.3 is 15.0 Å². The van der Waals surface area contributed by atoms with Gasteiger partial charge in [0.25, 0.3) is 0 Å². The molecule has 1 aromatic heterocycles. The zero-order valence-corrected chi connectivity index (χ0v) is 13.1. The smallest absolute Gasteiger partial charge is 0.125 e. The molecule has 0 aromatic carbocycles. The van der Waals surface area contributed by atoms with Crippen LogP contribution in [0.4, 0.5) is 5.82 Å². The van der Waals surface area contributed by atoms with E-state index in [1.54, 1.807) is 0 Å². The van der Waals surface area contributed by atoms with Gasteiger partial charge in [-0.25, -0.2) is 4.98 Å². The molecule has 4 nitrogen and oxygen atoms in total. The molecule has 0 unspecified atom stereocenters. The summed E-state index contributed by atoms with van der Waals surface area (Å²) in [6.07, 6.45) is 7.02. The average Bonchev–Trinajstić information content (AvgIpc) is 2.56. The SMILES string of the molecule is CNc1cc([C@@H]2CCCN(CC3CCOCC3)C2)ccn1. The summed E-state index contributed by atoms with van der Waals surface area (Å²) in [6, 6.07) is 4.39. The highest BCUT2D eigenvalue weighted by molar-refractivity contribution is 5.38. The molecule has 0 amide bonds. The second-order valence-electron chi connectivity index (χ2n) is 6.38. The number of ether oxygens (including phenoxy) is 1. The summed E-state index contributed by atoms with van der Waals surface area (Å²) in [6.45, 7) is 5.63. The van der Waals surface area contributed by atoms with E-state index in [0.717, 1.165) is 24.9 Å². The molecule has 2 fully saturated rings. The number of nitrogens with zero attached hydrogens (tertiary/aromatic N) is 2. The highest BCUT2D eigenvalue weighted by atomic mass is 16.5. The van der Waals surface area contributed by atoms with Crippen molar-refractivity contribution in [2.24, 2.45) is 5.92 Å². The molecule has 2 aliphatic rings. The largest absolute Gasteiger partial charge is 0.381 e. The van der Waals surface area contributed by atoms with E-state index in [1.165, 1.54) is 50.9 Å². The van der Waals surface area contributed by atoms with E-state index in [9.17, 15) is 0 Å². The molecule has 2 aliphatic heterocycles. The lowest BCUT2D eigenvalue weighted by molar-refractivity contribution is 0.0483. The van der Waals surface area contributed by atoms with E-state index < -0.39 is 0 Å². The Kier molecular flexibility index (Phi) is 5.09. The molecule has 0 radical (unpaired) electrons. The molecule has 0 aliphatic carbocycles. The van der Waals surface area contributed by atoms with Gasteiger partial charge in [-0.15, -0.1) is 0 Å². The third-order valence-corrected chi connectivity index (χ3v) is 4.87. The molecule has 0 saturated carbocycles. The summed E-state index contributed by atoms with van der Waals surface area (Å²) in [5.74, 6) is 2.48. The van der Waals surface area contributed by atoms with Crippen LogP contribution in [-0.4, -0.2) is 49.8 Å². The van der Waals surface area contributed by atoms with E-state index in [1.807, 2.05) is 13.2 Å². The first-order chi connectivity index (χ1) is 10.3. The molecular formula is C17H27N3O. The molecule has 116 valence electrons. The number of rotatable bonds is 4. The molecule has 4 heteroatoms. The normalized spacial score (nSPS) is 24.9. The number of aromatic nitrogens is 1. The second-order valence-corrected chi connectivity index (χ2v) is 6.38. The van der Waals surface area contributed by atoms with Crippen LogP contribution in [-0.2, 0) is 4.74 Å². The van der Waals surface area contributed by atoms with Crippen LogP contribution in [0.15, 0.2) is 18.3 Å². The number of anilines is 1. The van der Waals surface area contributed by atoms with Crippen molar-refractivity contribution >= 4 is 5.82 Å². The Balaban J connectivity index is 1.59. The Labute approximate surface area is 127 Å². The van der Waals surface area contributed by atoms with Crippen LogP contribution >= 0.6 is 0 Å². The lowest BCUT2D eigenvalue weighted by atomic mass is 9.90. The van der Waals surface area contributed by atoms with E-state index in [4.69, 9.17) is 4.74 Å². The van der Waals surface area contributed by atoms with Crippen LogP contribution in [0.5, 0.6) is 0 Å². The first-order valence-electron chi connectivity index (χ1n) is 8.29. The van der Waals surface area contributed by atoms with Crippen molar-refractivity contribution in [3.63, 3.8) is 0 Å². The van der Waals surface area contributed by atoms with Crippen LogP contribution in [0.1, 0.15) is 37.2 Å². The molecule has 21 heavy (non-hydrogen) atoms. The third kappa shape index (κ3) is 3.95. The number of nitrogens with one attached hydrogen (secondary N) is 1. The molecule has 0 bridgehead atoms. The highest BCUT2D eigenvalue weighted by Gasteiger charge is 2.24. The van der Waals surface area contributed by atoms with E-state index >= 15 is 0 Å². The van der Waals surface area contributed by atoms with E-state index in [-0.39, 0.29) is 0 Å². The van der Waals surface area contributed by atoms with Gasteiger partial charge in [0.15, 0.2) is 0 Å². The zero-order valence-electron chi connectivity index (χ0n) is 13.1. The average molecular weight is 289 g/mol. The summed E-state index contributed by atoms with van der Waals surface area (Å²) in [4.78, 5) is 7.00. The van der Waals surface area contributed by atoms with Crippen molar-refractivity contribution in [3.05, 3.63) is 23.9 Å². The number of piperidine rings is 1. The maximum atomic E-state index is 5.47. The standard InChI is InChI=1S/C17H27N3O/c1-18-17-11-15(4-7-19-17)16-3-2-8-20(13-16)12-14-5-9-21-10-6-14/h4,7,11,14,16H,2-3,5-6,8-10,12-13H2,1H3,(H,18,19)/t16-/m1/s1. The number of hydrogen-bond acceptors (Lipinski definition) is 4. The Morgan fingerprint density at radius 1 is 1.33 bits per heavy atom. The van der Waals surface area contributed by atoms with Crippen molar-refractivity contribution in [2.75, 3.05) is 45.2 Å². The fraction of sp³-hybridized carbons (Fsp3) is 0.706. The summed E-state index contributed by atoms with van der Waals surface area (Å²) >= 11 is 0. The van der Waals surface area contributed by atoms with Gasteiger partial charge in [-0.3, -0.25) is 0 Å². The van der Waals surface area contributed by atoms with Crippen molar-refractivity contribution in [3.8, 4) is 0 Å². The van der Waals surface area contributed by atoms with Gasteiger partial charge >= 0.3 is 0 Å². The van der Waals surface area contributed by atoms with Gasteiger partial charge in [0.05, 0.1) is 0 Å². The van der Waals surface area contributed by atoms with Crippen molar-refractivity contribution < 1.29 is 4.74 Å². The number of pyridine rings is 1. The molecule has 0 spiro atoms. The van der Waals surface area contributed by atoms with Crippen molar-refractivity contribution in [1.29, 1.82) is 0 Å². The topological polar surface area (TPSA) is 37.4 Å². The van der Waals surface area contributed by atoms with Crippen LogP contribution in [0.25, 0.3) is 0 Å². The Bertz CT molecular complexity index is 445. The first kappa shape index (κ1) is 14.8. The minimum absolute atomic E-state index is 0.661. The second kappa shape index (κ2) is 7.23. The van der Waals surface area contributed by atoms with Gasteiger partial charge in [0.1, 0.15) is 5.82 Å². The Hall–Kier alpha value is -1.13. The monoisotopic (exact) mass is 289 g/mol. The van der Waals surface area contributed by atoms with Crippen LogP contribution < -0.4 is 5.32 Å². The van der Waals surface area contributed by atoms with Crippen LogP contribution in [0.2, 0.25) is 0 Å². The fourth-order valence-electron chi connectivity index (χ4n) is 3.63. The quantitative estimate of drug-likeness (QED) is 0.925. The predicted octanol–water partition coefficient (Wildman–Crippen LogP) is 2.73. The molecule has 1 aromatic rings. The summed E-state index contributed by atoms with van der Waals surface area (Å²) < 4.78 is 5.47. The molecular weight excluding hydrogens is 262 g/mol. The minimum Gasteiger partial charge on any atom is -0.381 e. The lowest BCUT2D eigenvalue weighted by Crippen LogP contribution is -2.39. The molecule has 1 N–H and O–H groups in total. The molecule has 1 atom stereocenters. The summed E-state index contributed by atoms with van der Waals surface area (Å²) in [5.41, 5.74) is 1.44. The van der Waals surface area contributed by atoms with Gasteiger partial charge in [0.2, 0.25) is 0 Å². The van der Waals surface area contributed by atoms with Gasteiger partial charge in [-0.1, -0.05) is 0 Å². The summed E-state index contributed by atoms with van der Waals surface area (Å²) in [7, 11) is 1.93. The Morgan fingerprint density at radius 3 is 3.00 bits per heavy atom. The lowest BCUT2D eigenvalue weighted by Gasteiger charge is -2.36. The van der Waals surface area contributed by atoms with Crippen LogP contribution in [0, 0.1) is 5.92 Å². The van der Waals surface area contributed by atoms with Gasteiger partial charge in [-0.05, 0) is 61.8 Å². The number of hydrogen-bond donors (Lipinski definition) is 1. The maximum Gasteiger partial charge on any atom is 0.125 e. The van der Waals surface area contributed by atoms with Crippen molar-refractivity contribution in [2.45, 2.75) is 31.6 Å². The predicted molar refractivity (Wildman–Crippen MR) is 85.7 cm³/mol. The fourth-order valence-corrected chi connectivity index (χ4v) is 3.63. The molecule has 3 rings (SSSR count). The van der Waals surface area contributed by atoms with E-state index in [0.29, 0.717) is 5.92 Å². The van der Waals surface area contributed by atoms with Crippen molar-refractivity contribution in [1.82, 2.24) is 9.88 Å². The van der Waals surface area contributed by atoms with Gasteiger partial charge in [0, 0.05) is 39.5 Å². The minimum atomic E-state index is 0.661. The molecule has 3 heterocycles. The summed E-state index contributed by atoms with van der Waals surface area (Å²) in [5, 5.41) is 3.14.